The van der Waals surface area contributed by atoms with Crippen LogP contribution < -0.4 is 0 Å². The van der Waals surface area contributed by atoms with E-state index in [1.165, 1.54) is 0 Å². The molecule has 0 spiro atoms. The fraction of sp³-hybridized carbons (Fsp3) is 1.00. The Morgan fingerprint density at radius 3 is 2.36 bits per heavy atom. The van der Waals surface area contributed by atoms with Crippen molar-refractivity contribution >= 4 is 7.85 Å². The lowest BCUT2D eigenvalue weighted by Crippen LogP contribution is -2.41. The van der Waals surface area contributed by atoms with Gasteiger partial charge in [-0.15, -0.1) is 0 Å². The highest BCUT2D eigenvalue weighted by molar-refractivity contribution is 6.11. The quantitative estimate of drug-likeness (QED) is 0.467. The number of ether oxygens (including phenoxy) is 1. The molecule has 0 bridgehead atoms. The Balaban J connectivity index is 2.74. The smallest absolute Gasteiger partial charge is 0.139 e. The first-order chi connectivity index (χ1) is 5.00. The van der Waals surface area contributed by atoms with E-state index in [4.69, 9.17) is 9.84 Å². The Morgan fingerprint density at radius 2 is 2.18 bits per heavy atom. The maximum Gasteiger partial charge on any atom is 0.139 e. The molecule has 4 atom stereocenters. The van der Waals surface area contributed by atoms with Crippen LogP contribution in [0, 0.1) is 5.92 Å². The van der Waals surface area contributed by atoms with E-state index in [2.05, 4.69) is 0 Å². The van der Waals surface area contributed by atoms with Crippen LogP contribution in [-0.4, -0.2) is 42.4 Å². The van der Waals surface area contributed by atoms with Crippen LogP contribution in [0.25, 0.3) is 0 Å². The zero-order valence-corrected chi connectivity index (χ0v) is 7.24. The third kappa shape index (κ3) is 1.30. The molecule has 1 saturated heterocycles. The van der Waals surface area contributed by atoms with Crippen LogP contribution in [0.4, 0.5) is 0 Å². The molecule has 1 rings (SSSR count). The molecule has 0 amide bonds. The van der Waals surface area contributed by atoms with Gasteiger partial charge in [-0.25, -0.2) is 0 Å². The monoisotopic (exact) mass is 158 g/mol. The van der Waals surface area contributed by atoms with E-state index < -0.39 is 11.7 Å². The fourth-order valence-corrected chi connectivity index (χ4v) is 1.51. The third-order valence-corrected chi connectivity index (χ3v) is 2.82. The van der Waals surface area contributed by atoms with Gasteiger partial charge in [0.15, 0.2) is 0 Å². The molecule has 0 unspecified atom stereocenters. The number of hydrogen-bond donors (Lipinski definition) is 2. The van der Waals surface area contributed by atoms with Crippen molar-refractivity contribution < 1.29 is 14.9 Å². The Kier molecular flexibility index (Phi) is 2.28. The second kappa shape index (κ2) is 2.77. The molecule has 1 heterocycles. The molecule has 1 fully saturated rings. The van der Waals surface area contributed by atoms with E-state index >= 15 is 0 Å². The van der Waals surface area contributed by atoms with Gasteiger partial charge in [-0.2, -0.15) is 0 Å². The Labute approximate surface area is 67.8 Å². The molecule has 0 aromatic heterocycles. The molecular weight excluding hydrogens is 143 g/mol. The molecule has 0 aromatic rings. The first kappa shape index (κ1) is 9.04. The number of rotatable bonds is 1. The lowest BCUT2D eigenvalue weighted by molar-refractivity contribution is -0.0611. The van der Waals surface area contributed by atoms with Crippen LogP contribution in [0.1, 0.15) is 13.8 Å². The summed E-state index contributed by atoms with van der Waals surface area (Å²) in [6.07, 6.45) is -0.424. The zero-order valence-electron chi connectivity index (χ0n) is 7.24. The van der Waals surface area contributed by atoms with Crippen LogP contribution >= 0.6 is 0 Å². The first-order valence-electron chi connectivity index (χ1n) is 3.98. The maximum absolute atomic E-state index is 9.81. The summed E-state index contributed by atoms with van der Waals surface area (Å²) in [6, 6.07) is 0.0298. The highest BCUT2D eigenvalue weighted by atomic mass is 16.5. The Hall–Kier alpha value is -0.0551. The second-order valence-corrected chi connectivity index (χ2v) is 3.53. The third-order valence-electron chi connectivity index (χ3n) is 2.82. The van der Waals surface area contributed by atoms with Gasteiger partial charge in [0.25, 0.3) is 0 Å². The molecule has 1 aliphatic heterocycles. The van der Waals surface area contributed by atoms with E-state index in [0.29, 0.717) is 0 Å². The molecule has 0 saturated carbocycles. The van der Waals surface area contributed by atoms with Gasteiger partial charge < -0.3 is 14.9 Å². The average molecular weight is 158 g/mol. The number of aliphatic hydroxyl groups excluding tert-OH is 1. The molecule has 64 valence electrons. The van der Waals surface area contributed by atoms with Crippen LogP contribution in [0.3, 0.4) is 0 Å². The number of aliphatic hydroxyl groups is 2. The summed E-state index contributed by atoms with van der Waals surface area (Å²) in [5.74, 6) is 0.0830. The van der Waals surface area contributed by atoms with Gasteiger partial charge in [0, 0.05) is 11.9 Å². The zero-order chi connectivity index (χ0) is 8.65. The summed E-state index contributed by atoms with van der Waals surface area (Å²) >= 11 is 0. The predicted octanol–water partition coefficient (Wildman–Crippen LogP) is -1.28. The van der Waals surface area contributed by atoms with Crippen molar-refractivity contribution in [1.82, 2.24) is 0 Å². The summed E-state index contributed by atoms with van der Waals surface area (Å²) in [6.45, 7) is 3.53. The summed E-state index contributed by atoms with van der Waals surface area (Å²) < 4.78 is 5.34. The van der Waals surface area contributed by atoms with Crippen molar-refractivity contribution in [2.45, 2.75) is 31.6 Å². The van der Waals surface area contributed by atoms with E-state index in [1.807, 2.05) is 14.8 Å². The van der Waals surface area contributed by atoms with Crippen molar-refractivity contribution in [3.05, 3.63) is 0 Å². The van der Waals surface area contributed by atoms with Gasteiger partial charge >= 0.3 is 0 Å². The van der Waals surface area contributed by atoms with Crippen LogP contribution in [0.2, 0.25) is 0 Å². The van der Waals surface area contributed by atoms with Crippen LogP contribution in [-0.2, 0) is 4.74 Å². The summed E-state index contributed by atoms with van der Waals surface area (Å²) in [5.41, 5.74) is -0.881. The molecule has 0 aromatic carbocycles. The molecular formula is C7H15BO3. The lowest BCUT2D eigenvalue weighted by atomic mass is 9.79. The van der Waals surface area contributed by atoms with Crippen LogP contribution in [0.15, 0.2) is 0 Å². The fourth-order valence-electron chi connectivity index (χ4n) is 1.51. The normalized spacial score (nSPS) is 51.5. The summed E-state index contributed by atoms with van der Waals surface area (Å²) in [7, 11) is 1.91. The van der Waals surface area contributed by atoms with Crippen molar-refractivity contribution in [3.8, 4) is 0 Å². The van der Waals surface area contributed by atoms with Crippen molar-refractivity contribution in [2.24, 2.45) is 5.92 Å². The minimum atomic E-state index is -0.881. The lowest BCUT2D eigenvalue weighted by Gasteiger charge is -2.26. The van der Waals surface area contributed by atoms with E-state index in [9.17, 15) is 5.11 Å². The predicted molar refractivity (Wildman–Crippen MR) is 44.1 cm³/mol. The van der Waals surface area contributed by atoms with E-state index in [0.717, 1.165) is 0 Å². The van der Waals surface area contributed by atoms with E-state index in [1.54, 1.807) is 6.92 Å². The van der Waals surface area contributed by atoms with Crippen molar-refractivity contribution in [3.63, 3.8) is 0 Å². The number of hydrogen-bond acceptors (Lipinski definition) is 3. The van der Waals surface area contributed by atoms with Gasteiger partial charge in [-0.05, 0) is 6.92 Å². The van der Waals surface area contributed by atoms with Gasteiger partial charge in [-0.3, -0.25) is 0 Å². The first-order valence-corrected chi connectivity index (χ1v) is 3.98. The molecule has 3 nitrogen and oxygen atoms in total. The molecule has 11 heavy (non-hydrogen) atoms. The van der Waals surface area contributed by atoms with Gasteiger partial charge in [0.2, 0.25) is 0 Å². The second-order valence-electron chi connectivity index (χ2n) is 3.53. The summed E-state index contributed by atoms with van der Waals surface area (Å²) in [5, 5.41) is 18.7. The van der Waals surface area contributed by atoms with Crippen molar-refractivity contribution in [1.29, 1.82) is 0 Å². The molecule has 0 aliphatic carbocycles. The van der Waals surface area contributed by atoms with Crippen molar-refractivity contribution in [2.75, 3.05) is 6.61 Å². The Morgan fingerprint density at radius 1 is 1.64 bits per heavy atom. The standard InChI is InChI=1S/C7H15BO3/c1-4-6(8)11-5(3-9)7(4,2)10/h4-6,9-10H,3,8H2,1-2H3/t4-,5+,6+,7+/m0/s1. The largest absolute Gasteiger partial charge is 0.394 e. The molecule has 2 N–H and O–H groups in total. The minimum absolute atomic E-state index is 0.0298. The van der Waals surface area contributed by atoms with E-state index in [-0.39, 0.29) is 18.5 Å². The molecule has 0 radical (unpaired) electrons. The molecule has 4 heteroatoms. The summed E-state index contributed by atoms with van der Waals surface area (Å²) in [4.78, 5) is 0. The minimum Gasteiger partial charge on any atom is -0.394 e. The maximum atomic E-state index is 9.81. The Bertz CT molecular complexity index is 149. The van der Waals surface area contributed by atoms with Crippen LogP contribution in [0.5, 0.6) is 0 Å². The SMILES string of the molecule is B[C@@H]1O[C@H](CO)[C@](C)(O)[C@H]1C. The van der Waals surface area contributed by atoms with Gasteiger partial charge in [-0.1, -0.05) is 6.92 Å². The highest BCUT2D eigenvalue weighted by Gasteiger charge is 2.47. The average Bonchev–Trinajstić information content (AvgIpc) is 2.13. The van der Waals surface area contributed by atoms with Gasteiger partial charge in [0.1, 0.15) is 14.0 Å². The van der Waals surface area contributed by atoms with Gasteiger partial charge in [0.05, 0.1) is 12.2 Å². The topological polar surface area (TPSA) is 49.7 Å². The molecule has 1 aliphatic rings. The highest BCUT2D eigenvalue weighted by Crippen LogP contribution is 2.34.